The van der Waals surface area contributed by atoms with Crippen LogP contribution in [0.5, 0.6) is 11.5 Å². The normalized spacial score (nSPS) is 10.5. The van der Waals surface area contributed by atoms with Gasteiger partial charge in [0.15, 0.2) is 11.6 Å². The van der Waals surface area contributed by atoms with E-state index in [-0.39, 0.29) is 5.75 Å². The second-order valence-electron chi connectivity index (χ2n) is 4.80. The average molecular weight is 297 g/mol. The zero-order chi connectivity index (χ0) is 15.5. The zero-order valence-corrected chi connectivity index (χ0v) is 11.6. The Morgan fingerprint density at radius 3 is 2.23 bits per heavy atom. The highest BCUT2D eigenvalue weighted by atomic mass is 19.1. The Bertz CT molecular complexity index is 803. The van der Waals surface area contributed by atoms with Crippen molar-refractivity contribution in [2.75, 3.05) is 5.73 Å². The summed E-state index contributed by atoms with van der Waals surface area (Å²) in [7, 11) is 0. The van der Waals surface area contributed by atoms with Crippen molar-refractivity contribution in [1.29, 1.82) is 0 Å². The van der Waals surface area contributed by atoms with Crippen molar-refractivity contribution in [2.45, 2.75) is 0 Å². The lowest BCUT2D eigenvalue weighted by molar-refractivity contribution is 0.439. The van der Waals surface area contributed by atoms with E-state index in [1.807, 2.05) is 30.3 Å². The summed E-state index contributed by atoms with van der Waals surface area (Å²) in [5, 5.41) is 0. The molecule has 3 aromatic rings. The van der Waals surface area contributed by atoms with Crippen molar-refractivity contribution in [3.63, 3.8) is 0 Å². The first-order valence-electron chi connectivity index (χ1n) is 6.71. The Morgan fingerprint density at radius 1 is 0.773 bits per heavy atom. The molecular weight excluding hydrogens is 284 g/mol. The van der Waals surface area contributed by atoms with Crippen molar-refractivity contribution in [2.24, 2.45) is 0 Å². The first-order valence-corrected chi connectivity index (χ1v) is 6.71. The molecule has 110 valence electrons. The molecule has 3 rings (SSSR count). The molecule has 3 aromatic carbocycles. The largest absolute Gasteiger partial charge is 0.454 e. The summed E-state index contributed by atoms with van der Waals surface area (Å²) in [6.45, 7) is 0. The van der Waals surface area contributed by atoms with Crippen LogP contribution in [0.3, 0.4) is 0 Å². The van der Waals surface area contributed by atoms with Gasteiger partial charge in [-0.15, -0.1) is 0 Å². The van der Waals surface area contributed by atoms with E-state index in [1.165, 1.54) is 6.07 Å². The van der Waals surface area contributed by atoms with Gasteiger partial charge in [0.2, 0.25) is 0 Å². The first kappa shape index (κ1) is 14.1. The van der Waals surface area contributed by atoms with E-state index in [0.717, 1.165) is 23.3 Å². The topological polar surface area (TPSA) is 35.2 Å². The second-order valence-corrected chi connectivity index (χ2v) is 4.80. The minimum absolute atomic E-state index is 0.0386. The van der Waals surface area contributed by atoms with Gasteiger partial charge in [-0.1, -0.05) is 30.3 Å². The molecule has 0 aromatic heterocycles. The van der Waals surface area contributed by atoms with Gasteiger partial charge in [-0.05, 0) is 35.9 Å². The number of hydrogen-bond donors (Lipinski definition) is 1. The van der Waals surface area contributed by atoms with Crippen molar-refractivity contribution >= 4 is 5.69 Å². The number of hydrogen-bond acceptors (Lipinski definition) is 2. The smallest absolute Gasteiger partial charge is 0.168 e. The average Bonchev–Trinajstić information content (AvgIpc) is 2.52. The molecule has 4 heteroatoms. The fourth-order valence-corrected chi connectivity index (χ4v) is 2.16. The first-order chi connectivity index (χ1) is 10.6. The third-order valence-corrected chi connectivity index (χ3v) is 3.20. The quantitative estimate of drug-likeness (QED) is 0.690. The van der Waals surface area contributed by atoms with Gasteiger partial charge in [0.1, 0.15) is 11.6 Å². The number of anilines is 1. The summed E-state index contributed by atoms with van der Waals surface area (Å²) in [6, 6.07) is 17.8. The number of nitrogen functional groups attached to an aromatic ring is 1. The van der Waals surface area contributed by atoms with Crippen LogP contribution in [0.1, 0.15) is 0 Å². The van der Waals surface area contributed by atoms with Gasteiger partial charge in [-0.2, -0.15) is 0 Å². The van der Waals surface area contributed by atoms with Crippen molar-refractivity contribution in [3.05, 3.63) is 78.4 Å². The molecule has 0 aliphatic heterocycles. The van der Waals surface area contributed by atoms with Crippen LogP contribution >= 0.6 is 0 Å². The highest BCUT2D eigenvalue weighted by Crippen LogP contribution is 2.35. The van der Waals surface area contributed by atoms with E-state index in [1.54, 1.807) is 18.2 Å². The molecule has 0 bridgehead atoms. The molecule has 0 amide bonds. The second kappa shape index (κ2) is 5.85. The predicted molar refractivity (Wildman–Crippen MR) is 82.7 cm³/mol. The number of halogens is 2. The van der Waals surface area contributed by atoms with E-state index in [2.05, 4.69) is 0 Å². The minimum atomic E-state index is -0.754. The maximum Gasteiger partial charge on any atom is 0.168 e. The van der Waals surface area contributed by atoms with Crippen LogP contribution in [-0.4, -0.2) is 0 Å². The summed E-state index contributed by atoms with van der Waals surface area (Å²) in [5.74, 6) is -0.990. The summed E-state index contributed by atoms with van der Waals surface area (Å²) in [4.78, 5) is 0. The molecule has 0 fully saturated rings. The van der Waals surface area contributed by atoms with Gasteiger partial charge < -0.3 is 10.5 Å². The monoisotopic (exact) mass is 297 g/mol. The Kier molecular flexibility index (Phi) is 3.74. The predicted octanol–water partition coefficient (Wildman–Crippen LogP) is 5.01. The highest BCUT2D eigenvalue weighted by molar-refractivity contribution is 5.74. The van der Waals surface area contributed by atoms with Crippen molar-refractivity contribution in [3.8, 4) is 22.6 Å². The molecule has 0 heterocycles. The lowest BCUT2D eigenvalue weighted by Gasteiger charge is -2.13. The molecule has 0 saturated carbocycles. The van der Waals surface area contributed by atoms with Crippen LogP contribution in [0.2, 0.25) is 0 Å². The fraction of sp³-hybridized carbons (Fsp3) is 0. The summed E-state index contributed by atoms with van der Waals surface area (Å²) >= 11 is 0. The molecule has 0 unspecified atom stereocenters. The van der Waals surface area contributed by atoms with Gasteiger partial charge in [-0.25, -0.2) is 8.78 Å². The minimum Gasteiger partial charge on any atom is -0.454 e. The molecule has 0 aliphatic rings. The molecule has 0 radical (unpaired) electrons. The van der Waals surface area contributed by atoms with Crippen LogP contribution in [0, 0.1) is 11.6 Å². The standard InChI is InChI=1S/C18H13F2NO/c19-13-6-8-18(16(20)10-13)22-17-9-7-14(21)11-15(17)12-4-2-1-3-5-12/h1-11H,21H2. The molecule has 0 atom stereocenters. The van der Waals surface area contributed by atoms with E-state index in [9.17, 15) is 8.78 Å². The van der Waals surface area contributed by atoms with Crippen LogP contribution in [0.4, 0.5) is 14.5 Å². The van der Waals surface area contributed by atoms with Crippen molar-refractivity contribution in [1.82, 2.24) is 0 Å². The van der Waals surface area contributed by atoms with Gasteiger partial charge in [-0.3, -0.25) is 0 Å². The Labute approximate surface area is 126 Å². The van der Waals surface area contributed by atoms with Gasteiger partial charge >= 0.3 is 0 Å². The fourth-order valence-electron chi connectivity index (χ4n) is 2.16. The van der Waals surface area contributed by atoms with E-state index >= 15 is 0 Å². The molecule has 0 saturated heterocycles. The SMILES string of the molecule is Nc1ccc(Oc2ccc(F)cc2F)c(-c2ccccc2)c1. The molecule has 2 N–H and O–H groups in total. The third-order valence-electron chi connectivity index (χ3n) is 3.20. The Morgan fingerprint density at radius 2 is 1.50 bits per heavy atom. The summed E-state index contributed by atoms with van der Waals surface area (Å²) in [6.07, 6.45) is 0. The highest BCUT2D eigenvalue weighted by Gasteiger charge is 2.11. The summed E-state index contributed by atoms with van der Waals surface area (Å²) in [5.41, 5.74) is 8.04. The van der Waals surface area contributed by atoms with Gasteiger partial charge in [0, 0.05) is 17.3 Å². The van der Waals surface area contributed by atoms with E-state index < -0.39 is 11.6 Å². The third kappa shape index (κ3) is 2.91. The molecule has 0 spiro atoms. The maximum absolute atomic E-state index is 13.8. The molecule has 22 heavy (non-hydrogen) atoms. The Hall–Kier alpha value is -2.88. The van der Waals surface area contributed by atoms with Crippen molar-refractivity contribution < 1.29 is 13.5 Å². The number of benzene rings is 3. The molecule has 0 aliphatic carbocycles. The molecular formula is C18H13F2NO. The number of nitrogens with two attached hydrogens (primary N) is 1. The lowest BCUT2D eigenvalue weighted by atomic mass is 10.0. The van der Waals surface area contributed by atoms with Crippen LogP contribution in [0.25, 0.3) is 11.1 Å². The van der Waals surface area contributed by atoms with E-state index in [0.29, 0.717) is 11.4 Å². The van der Waals surface area contributed by atoms with Crippen LogP contribution in [0.15, 0.2) is 66.7 Å². The molecule has 2 nitrogen and oxygen atoms in total. The Balaban J connectivity index is 2.04. The number of ether oxygens (including phenoxy) is 1. The van der Waals surface area contributed by atoms with Gasteiger partial charge in [0.05, 0.1) is 0 Å². The summed E-state index contributed by atoms with van der Waals surface area (Å²) < 4.78 is 32.3. The van der Waals surface area contributed by atoms with Crippen LogP contribution < -0.4 is 10.5 Å². The maximum atomic E-state index is 13.8. The number of rotatable bonds is 3. The van der Waals surface area contributed by atoms with Gasteiger partial charge in [0.25, 0.3) is 0 Å². The van der Waals surface area contributed by atoms with Crippen LogP contribution in [-0.2, 0) is 0 Å². The lowest BCUT2D eigenvalue weighted by Crippen LogP contribution is -1.94. The van der Waals surface area contributed by atoms with E-state index in [4.69, 9.17) is 10.5 Å². The zero-order valence-electron chi connectivity index (χ0n) is 11.6.